The van der Waals surface area contributed by atoms with Crippen molar-refractivity contribution in [1.29, 1.82) is 0 Å². The minimum Gasteiger partial charge on any atom is -0.507 e. The molecule has 0 heterocycles. The maximum absolute atomic E-state index is 12.3. The highest BCUT2D eigenvalue weighted by Crippen LogP contribution is 2.26. The van der Waals surface area contributed by atoms with E-state index in [-0.39, 0.29) is 34.8 Å². The van der Waals surface area contributed by atoms with Crippen molar-refractivity contribution in [1.82, 2.24) is 0 Å². The third-order valence-electron chi connectivity index (χ3n) is 4.98. The van der Waals surface area contributed by atoms with Crippen LogP contribution < -0.4 is 10.6 Å². The van der Waals surface area contributed by atoms with Gasteiger partial charge in [0, 0.05) is 22.2 Å². The zero-order valence-electron chi connectivity index (χ0n) is 16.4. The zero-order valence-corrected chi connectivity index (χ0v) is 17.2. The van der Waals surface area contributed by atoms with Crippen LogP contribution in [0, 0.1) is 5.92 Å². The number of aromatic carboxylic acids is 1. The highest BCUT2D eigenvalue weighted by Gasteiger charge is 2.21. The second-order valence-corrected chi connectivity index (χ2v) is 8.27. The molecule has 0 bridgehead atoms. The van der Waals surface area contributed by atoms with E-state index in [0.29, 0.717) is 5.69 Å². The molecule has 0 radical (unpaired) electrons. The first kappa shape index (κ1) is 21.7. The summed E-state index contributed by atoms with van der Waals surface area (Å²) in [5, 5.41) is 24.1. The number of thioether (sulfide) groups is 1. The van der Waals surface area contributed by atoms with Gasteiger partial charge in [-0.05, 0) is 55.3 Å². The summed E-state index contributed by atoms with van der Waals surface area (Å²) >= 11 is 1.33. The summed E-state index contributed by atoms with van der Waals surface area (Å²) < 4.78 is 0. The van der Waals surface area contributed by atoms with Crippen LogP contribution in [0.25, 0.3) is 0 Å². The summed E-state index contributed by atoms with van der Waals surface area (Å²) in [5.74, 6) is -1.62. The first-order valence-corrected chi connectivity index (χ1v) is 10.8. The number of carboxylic acids is 1. The van der Waals surface area contributed by atoms with Crippen LogP contribution in [0.2, 0.25) is 0 Å². The molecular formula is C22H24N2O5S. The first-order chi connectivity index (χ1) is 14.4. The zero-order chi connectivity index (χ0) is 21.5. The van der Waals surface area contributed by atoms with Gasteiger partial charge in [-0.2, -0.15) is 0 Å². The van der Waals surface area contributed by atoms with E-state index >= 15 is 0 Å². The van der Waals surface area contributed by atoms with Crippen LogP contribution in [-0.2, 0) is 9.59 Å². The van der Waals surface area contributed by atoms with E-state index in [9.17, 15) is 19.5 Å². The van der Waals surface area contributed by atoms with Crippen LogP contribution in [0.1, 0.15) is 42.5 Å². The number of carbonyl (C=O) groups is 3. The van der Waals surface area contributed by atoms with Crippen LogP contribution in [-0.4, -0.2) is 33.7 Å². The van der Waals surface area contributed by atoms with Crippen molar-refractivity contribution in [2.45, 2.75) is 37.0 Å². The van der Waals surface area contributed by atoms with Gasteiger partial charge >= 0.3 is 5.97 Å². The van der Waals surface area contributed by atoms with E-state index in [1.165, 1.54) is 36.4 Å². The number of benzene rings is 2. The molecule has 3 rings (SSSR count). The fraction of sp³-hybridized carbons (Fsp3) is 0.318. The maximum atomic E-state index is 12.3. The van der Waals surface area contributed by atoms with Gasteiger partial charge < -0.3 is 20.8 Å². The number of aromatic hydroxyl groups is 1. The van der Waals surface area contributed by atoms with Crippen LogP contribution in [0.4, 0.5) is 11.4 Å². The van der Waals surface area contributed by atoms with E-state index in [0.717, 1.165) is 36.3 Å². The van der Waals surface area contributed by atoms with Crippen LogP contribution in [0.15, 0.2) is 47.4 Å². The van der Waals surface area contributed by atoms with Gasteiger partial charge in [-0.15, -0.1) is 11.8 Å². The van der Waals surface area contributed by atoms with Gasteiger partial charge in [0.25, 0.3) is 0 Å². The SMILES string of the molecule is O=C(CSc1ccc(NC(=O)C2CCCCC2)cc1)Nc1ccc(O)c(C(=O)O)c1. The number of carboxylic acid groups (broad SMARTS) is 1. The van der Waals surface area contributed by atoms with Crippen molar-refractivity contribution >= 4 is 40.9 Å². The average molecular weight is 429 g/mol. The minimum absolute atomic E-state index is 0.0732. The number of nitrogens with one attached hydrogen (secondary N) is 2. The van der Waals surface area contributed by atoms with Gasteiger partial charge in [0.05, 0.1) is 5.75 Å². The predicted molar refractivity (Wildman–Crippen MR) is 116 cm³/mol. The molecule has 0 atom stereocenters. The summed E-state index contributed by atoms with van der Waals surface area (Å²) in [4.78, 5) is 36.4. The van der Waals surface area contributed by atoms with Gasteiger partial charge in [-0.3, -0.25) is 9.59 Å². The average Bonchev–Trinajstić information content (AvgIpc) is 2.75. The van der Waals surface area contributed by atoms with Crippen molar-refractivity contribution in [3.05, 3.63) is 48.0 Å². The third kappa shape index (κ3) is 6.00. The molecule has 30 heavy (non-hydrogen) atoms. The van der Waals surface area contributed by atoms with Gasteiger partial charge in [0.1, 0.15) is 11.3 Å². The van der Waals surface area contributed by atoms with Crippen LogP contribution in [0.5, 0.6) is 5.75 Å². The summed E-state index contributed by atoms with van der Waals surface area (Å²) in [5.41, 5.74) is 0.771. The minimum atomic E-state index is -1.27. The lowest BCUT2D eigenvalue weighted by atomic mass is 9.88. The van der Waals surface area contributed by atoms with E-state index in [2.05, 4.69) is 10.6 Å². The molecule has 1 fully saturated rings. The number of phenols is 1. The predicted octanol–water partition coefficient (Wildman–Crippen LogP) is 4.34. The Labute approximate surface area is 178 Å². The monoisotopic (exact) mass is 428 g/mol. The Kier molecular flexibility index (Phi) is 7.35. The van der Waals surface area contributed by atoms with E-state index in [1.54, 1.807) is 0 Å². The quantitative estimate of drug-likeness (QED) is 0.385. The van der Waals surface area contributed by atoms with Crippen LogP contribution >= 0.6 is 11.8 Å². The van der Waals surface area contributed by atoms with Gasteiger partial charge in [-0.25, -0.2) is 4.79 Å². The molecule has 1 aliphatic carbocycles. The number of rotatable bonds is 7. The first-order valence-electron chi connectivity index (χ1n) is 9.82. The number of carbonyl (C=O) groups excluding carboxylic acids is 2. The molecule has 158 valence electrons. The van der Waals surface area contributed by atoms with Crippen molar-refractivity contribution in [3.8, 4) is 5.75 Å². The summed E-state index contributed by atoms with van der Waals surface area (Å²) in [7, 11) is 0. The molecular weight excluding hydrogens is 404 g/mol. The third-order valence-corrected chi connectivity index (χ3v) is 5.99. The van der Waals surface area contributed by atoms with Gasteiger partial charge in [0.15, 0.2) is 0 Å². The maximum Gasteiger partial charge on any atom is 0.339 e. The smallest absolute Gasteiger partial charge is 0.339 e. The second-order valence-electron chi connectivity index (χ2n) is 7.22. The number of anilines is 2. The van der Waals surface area contributed by atoms with Crippen molar-refractivity contribution in [2.75, 3.05) is 16.4 Å². The molecule has 1 aliphatic rings. The molecule has 1 saturated carbocycles. The molecule has 4 N–H and O–H groups in total. The summed E-state index contributed by atoms with van der Waals surface area (Å²) in [6, 6.07) is 11.2. The normalized spacial score (nSPS) is 14.1. The Hall–Kier alpha value is -3.00. The molecule has 2 aromatic carbocycles. The molecule has 0 saturated heterocycles. The highest BCUT2D eigenvalue weighted by atomic mass is 32.2. The standard InChI is InChI=1S/C22H24N2O5S/c25-19-11-8-16(12-18(19)22(28)29)23-20(26)13-30-17-9-6-15(7-10-17)24-21(27)14-4-2-1-3-5-14/h6-12,14,25H,1-5,13H2,(H,23,26)(H,24,27)(H,28,29). The Bertz CT molecular complexity index is 924. The number of hydrogen-bond donors (Lipinski definition) is 4. The summed E-state index contributed by atoms with van der Waals surface area (Å²) in [6.45, 7) is 0. The topological polar surface area (TPSA) is 116 Å². The van der Waals surface area contributed by atoms with Crippen molar-refractivity contribution < 1.29 is 24.6 Å². The largest absolute Gasteiger partial charge is 0.507 e. The molecule has 0 unspecified atom stereocenters. The van der Waals surface area contributed by atoms with E-state index < -0.39 is 5.97 Å². The highest BCUT2D eigenvalue weighted by molar-refractivity contribution is 8.00. The van der Waals surface area contributed by atoms with Gasteiger partial charge in [0.2, 0.25) is 11.8 Å². The van der Waals surface area contributed by atoms with Crippen molar-refractivity contribution in [2.24, 2.45) is 5.92 Å². The summed E-state index contributed by atoms with van der Waals surface area (Å²) in [6.07, 6.45) is 5.32. The van der Waals surface area contributed by atoms with E-state index in [4.69, 9.17) is 5.11 Å². The Morgan fingerprint density at radius 3 is 2.27 bits per heavy atom. The molecule has 0 aromatic heterocycles. The van der Waals surface area contributed by atoms with Crippen molar-refractivity contribution in [3.63, 3.8) is 0 Å². The van der Waals surface area contributed by atoms with Crippen LogP contribution in [0.3, 0.4) is 0 Å². The number of hydrogen-bond acceptors (Lipinski definition) is 5. The molecule has 0 spiro atoms. The van der Waals surface area contributed by atoms with Gasteiger partial charge in [-0.1, -0.05) is 19.3 Å². The fourth-order valence-electron chi connectivity index (χ4n) is 3.37. The lowest BCUT2D eigenvalue weighted by Crippen LogP contribution is -2.24. The Balaban J connectivity index is 1.48. The fourth-order valence-corrected chi connectivity index (χ4v) is 4.07. The lowest BCUT2D eigenvalue weighted by molar-refractivity contribution is -0.120. The Morgan fingerprint density at radius 1 is 0.933 bits per heavy atom. The van der Waals surface area contributed by atoms with E-state index in [1.807, 2.05) is 24.3 Å². The molecule has 2 aromatic rings. The molecule has 2 amide bonds. The molecule has 7 nitrogen and oxygen atoms in total. The lowest BCUT2D eigenvalue weighted by Gasteiger charge is -2.20. The molecule has 8 heteroatoms. The molecule has 0 aliphatic heterocycles. The Morgan fingerprint density at radius 2 is 1.60 bits per heavy atom. The number of amides is 2. The second kappa shape index (κ2) is 10.2.